The summed E-state index contributed by atoms with van der Waals surface area (Å²) in [4.78, 5) is 13.7. The van der Waals surface area contributed by atoms with E-state index in [9.17, 15) is 4.79 Å². The van der Waals surface area contributed by atoms with Crippen molar-refractivity contribution < 1.29 is 14.3 Å². The first-order valence-electron chi connectivity index (χ1n) is 5.19. The maximum Gasteiger partial charge on any atom is 0.211 e. The molecule has 2 heterocycles. The molecule has 1 N–H and O–H groups in total. The molecule has 1 unspecified atom stereocenters. The van der Waals surface area contributed by atoms with Crippen molar-refractivity contribution in [3.05, 3.63) is 24.2 Å². The zero-order valence-electron chi connectivity index (χ0n) is 8.56. The van der Waals surface area contributed by atoms with E-state index in [0.717, 1.165) is 19.5 Å². The number of ketones is 1. The molecule has 0 radical (unpaired) electrons. The average molecular weight is 209 g/mol. The van der Waals surface area contributed by atoms with E-state index in [1.807, 2.05) is 0 Å². The first-order chi connectivity index (χ1) is 7.29. The van der Waals surface area contributed by atoms with Gasteiger partial charge in [0, 0.05) is 13.2 Å². The Balaban J connectivity index is 1.86. The van der Waals surface area contributed by atoms with Crippen LogP contribution in [0.25, 0.3) is 0 Å². The van der Waals surface area contributed by atoms with Gasteiger partial charge in [0.15, 0.2) is 5.76 Å². The van der Waals surface area contributed by atoms with Crippen molar-refractivity contribution in [2.24, 2.45) is 5.92 Å². The molecule has 1 aromatic rings. The highest BCUT2D eigenvalue weighted by atomic mass is 16.3. The molecule has 1 atom stereocenters. The molecule has 82 valence electrons. The van der Waals surface area contributed by atoms with Gasteiger partial charge in [0.25, 0.3) is 0 Å². The molecule has 1 aromatic heterocycles. The zero-order valence-corrected chi connectivity index (χ0v) is 8.56. The van der Waals surface area contributed by atoms with Crippen LogP contribution < -0.4 is 0 Å². The molecular weight excluding hydrogens is 194 g/mol. The van der Waals surface area contributed by atoms with E-state index >= 15 is 0 Å². The fourth-order valence-corrected chi connectivity index (χ4v) is 1.92. The van der Waals surface area contributed by atoms with Crippen LogP contribution in [0.3, 0.4) is 0 Å². The van der Waals surface area contributed by atoms with Crippen LogP contribution in [-0.2, 0) is 0 Å². The Bertz CT molecular complexity index is 321. The summed E-state index contributed by atoms with van der Waals surface area (Å²) in [5.74, 6) is 0.760. The van der Waals surface area contributed by atoms with E-state index in [0.29, 0.717) is 18.2 Å². The third-order valence-corrected chi connectivity index (χ3v) is 2.79. The maximum atomic E-state index is 11.7. The van der Waals surface area contributed by atoms with Crippen molar-refractivity contribution >= 4 is 5.78 Å². The van der Waals surface area contributed by atoms with Gasteiger partial charge in [0.1, 0.15) is 0 Å². The van der Waals surface area contributed by atoms with Crippen LogP contribution in [0.4, 0.5) is 0 Å². The van der Waals surface area contributed by atoms with Crippen LogP contribution in [0.5, 0.6) is 0 Å². The minimum atomic E-state index is 0.0126. The fourth-order valence-electron chi connectivity index (χ4n) is 1.92. The fraction of sp³-hybridized carbons (Fsp3) is 0.545. The van der Waals surface area contributed by atoms with E-state index in [1.54, 1.807) is 12.1 Å². The summed E-state index contributed by atoms with van der Waals surface area (Å²) in [5, 5.41) is 8.97. The maximum absolute atomic E-state index is 11.7. The number of carbonyl (C=O) groups excluding carboxylic acids is 1. The number of likely N-dealkylation sites (tertiary alicyclic amines) is 1. The third kappa shape index (κ3) is 2.46. The van der Waals surface area contributed by atoms with E-state index in [-0.39, 0.29) is 12.4 Å². The van der Waals surface area contributed by atoms with Gasteiger partial charge < -0.3 is 9.52 Å². The number of carbonyl (C=O) groups is 1. The van der Waals surface area contributed by atoms with E-state index in [2.05, 4.69) is 4.90 Å². The van der Waals surface area contributed by atoms with Gasteiger partial charge in [0.2, 0.25) is 5.78 Å². The molecular formula is C11H15NO3. The molecule has 1 saturated heterocycles. The normalized spacial score (nSPS) is 22.1. The van der Waals surface area contributed by atoms with E-state index in [4.69, 9.17) is 9.52 Å². The van der Waals surface area contributed by atoms with Gasteiger partial charge in [-0.1, -0.05) is 0 Å². The largest absolute Gasteiger partial charge is 0.461 e. The van der Waals surface area contributed by atoms with Gasteiger partial charge in [-0.05, 0) is 31.0 Å². The first kappa shape index (κ1) is 10.4. The first-order valence-corrected chi connectivity index (χ1v) is 5.19. The molecule has 15 heavy (non-hydrogen) atoms. The highest BCUT2D eigenvalue weighted by Gasteiger charge is 2.24. The van der Waals surface area contributed by atoms with Crippen LogP contribution >= 0.6 is 0 Å². The monoisotopic (exact) mass is 209 g/mol. The smallest absolute Gasteiger partial charge is 0.211 e. The van der Waals surface area contributed by atoms with Crippen LogP contribution in [0.1, 0.15) is 17.0 Å². The summed E-state index contributed by atoms with van der Waals surface area (Å²) in [6.45, 7) is 2.30. The Morgan fingerprint density at radius 3 is 3.13 bits per heavy atom. The van der Waals surface area contributed by atoms with Crippen molar-refractivity contribution in [1.29, 1.82) is 0 Å². The highest BCUT2D eigenvalue weighted by molar-refractivity contribution is 5.95. The highest BCUT2D eigenvalue weighted by Crippen LogP contribution is 2.15. The number of Topliss-reactive ketones (excluding diaryl/α,β-unsaturated/α-hetero) is 1. The Morgan fingerprint density at radius 2 is 2.53 bits per heavy atom. The van der Waals surface area contributed by atoms with E-state index < -0.39 is 0 Å². The minimum absolute atomic E-state index is 0.0126. The number of aliphatic hydroxyl groups excluding tert-OH is 1. The van der Waals surface area contributed by atoms with Gasteiger partial charge >= 0.3 is 0 Å². The molecule has 4 nitrogen and oxygen atoms in total. The lowest BCUT2D eigenvalue weighted by atomic mass is 10.1. The molecule has 0 bridgehead atoms. The Hall–Kier alpha value is -1.13. The Labute approximate surface area is 88.5 Å². The van der Waals surface area contributed by atoms with E-state index in [1.165, 1.54) is 6.26 Å². The Morgan fingerprint density at radius 1 is 1.67 bits per heavy atom. The van der Waals surface area contributed by atoms with Crippen molar-refractivity contribution in [1.82, 2.24) is 4.90 Å². The predicted molar refractivity (Wildman–Crippen MR) is 54.7 cm³/mol. The predicted octanol–water partition coefficient (Wildman–Crippen LogP) is 0.776. The summed E-state index contributed by atoms with van der Waals surface area (Å²) in [6, 6.07) is 3.40. The topological polar surface area (TPSA) is 53.7 Å². The quantitative estimate of drug-likeness (QED) is 0.744. The van der Waals surface area contributed by atoms with Crippen LogP contribution in [-0.4, -0.2) is 42.0 Å². The molecule has 1 aliphatic rings. The number of rotatable bonds is 4. The van der Waals surface area contributed by atoms with Crippen LogP contribution in [0.15, 0.2) is 22.8 Å². The number of hydrogen-bond donors (Lipinski definition) is 1. The molecule has 1 aliphatic heterocycles. The number of furan rings is 1. The molecule has 4 heteroatoms. The number of nitrogens with zero attached hydrogens (tertiary/aromatic N) is 1. The SMILES string of the molecule is O=C(CN1CCC(CO)C1)c1ccco1. The summed E-state index contributed by atoms with van der Waals surface area (Å²) in [6.07, 6.45) is 2.48. The summed E-state index contributed by atoms with van der Waals surface area (Å²) < 4.78 is 5.03. The molecule has 1 fully saturated rings. The summed E-state index contributed by atoms with van der Waals surface area (Å²) in [5.41, 5.74) is 0. The Kier molecular flexibility index (Phi) is 3.18. The second-order valence-electron chi connectivity index (χ2n) is 3.97. The lowest BCUT2D eigenvalue weighted by molar-refractivity contribution is 0.0913. The lowest BCUT2D eigenvalue weighted by Crippen LogP contribution is -2.28. The second-order valence-corrected chi connectivity index (χ2v) is 3.97. The summed E-state index contributed by atoms with van der Waals surface area (Å²) >= 11 is 0. The van der Waals surface area contributed by atoms with Crippen molar-refractivity contribution in [2.45, 2.75) is 6.42 Å². The molecule has 0 aliphatic carbocycles. The van der Waals surface area contributed by atoms with Gasteiger partial charge in [-0.3, -0.25) is 9.69 Å². The van der Waals surface area contributed by atoms with Crippen molar-refractivity contribution in [3.63, 3.8) is 0 Å². The zero-order chi connectivity index (χ0) is 10.7. The van der Waals surface area contributed by atoms with Gasteiger partial charge in [-0.15, -0.1) is 0 Å². The van der Waals surface area contributed by atoms with Crippen LogP contribution in [0.2, 0.25) is 0 Å². The molecule has 0 aromatic carbocycles. The van der Waals surface area contributed by atoms with Gasteiger partial charge in [-0.25, -0.2) is 0 Å². The van der Waals surface area contributed by atoms with Crippen LogP contribution in [0, 0.1) is 5.92 Å². The lowest BCUT2D eigenvalue weighted by Gasteiger charge is -2.13. The average Bonchev–Trinajstić information content (AvgIpc) is 2.87. The summed E-state index contributed by atoms with van der Waals surface area (Å²) in [7, 11) is 0. The molecule has 0 amide bonds. The number of aliphatic hydroxyl groups is 1. The minimum Gasteiger partial charge on any atom is -0.461 e. The molecule has 0 saturated carbocycles. The van der Waals surface area contributed by atoms with Gasteiger partial charge in [0.05, 0.1) is 12.8 Å². The van der Waals surface area contributed by atoms with Crippen molar-refractivity contribution in [2.75, 3.05) is 26.2 Å². The molecule has 0 spiro atoms. The number of hydrogen-bond acceptors (Lipinski definition) is 4. The van der Waals surface area contributed by atoms with Gasteiger partial charge in [-0.2, -0.15) is 0 Å². The second kappa shape index (κ2) is 4.59. The standard InChI is InChI=1S/C11H15NO3/c13-8-9-3-4-12(6-9)7-10(14)11-2-1-5-15-11/h1-2,5,9,13H,3-4,6-8H2. The third-order valence-electron chi connectivity index (χ3n) is 2.79. The van der Waals surface area contributed by atoms with Crippen molar-refractivity contribution in [3.8, 4) is 0 Å². The molecule has 2 rings (SSSR count).